The molecule has 0 saturated carbocycles. The number of nitrogens with zero attached hydrogens (tertiary/aromatic N) is 1. The van der Waals surface area contributed by atoms with E-state index in [0.717, 1.165) is 3.57 Å². The number of rotatable bonds is 1. The molecule has 0 fully saturated rings. The van der Waals surface area contributed by atoms with Gasteiger partial charge in [0.25, 0.3) is 5.82 Å². The number of aromatic nitrogens is 1. The predicted molar refractivity (Wildman–Crippen MR) is 52.6 cm³/mol. The van der Waals surface area contributed by atoms with E-state index in [0.29, 0.717) is 12.4 Å². The van der Waals surface area contributed by atoms with E-state index in [9.17, 15) is 0 Å². The van der Waals surface area contributed by atoms with E-state index < -0.39 is 0 Å². The van der Waals surface area contributed by atoms with Crippen molar-refractivity contribution >= 4 is 28.4 Å². The van der Waals surface area contributed by atoms with Crippen LogP contribution < -0.4 is 10.3 Å². The Balaban J connectivity index is 3.05. The first-order valence-electron chi connectivity index (χ1n) is 3.12. The SMILES string of the molecule is C#CC[n+]1cc(I)ccc1N. The van der Waals surface area contributed by atoms with E-state index in [1.54, 1.807) is 0 Å². The number of anilines is 1. The Morgan fingerprint density at radius 2 is 2.36 bits per heavy atom. The number of hydrogen-bond acceptors (Lipinski definition) is 1. The second kappa shape index (κ2) is 3.58. The van der Waals surface area contributed by atoms with Gasteiger partial charge in [-0.15, -0.1) is 6.42 Å². The standard InChI is InChI=1S/C8H7IN2/c1-2-5-11-6-7(9)3-4-8(11)10/h1,3-4,6,10H,5H2/p+1. The van der Waals surface area contributed by atoms with Crippen LogP contribution in [0.5, 0.6) is 0 Å². The molecule has 0 spiro atoms. The van der Waals surface area contributed by atoms with E-state index in [1.165, 1.54) is 0 Å². The van der Waals surface area contributed by atoms with Gasteiger partial charge in [0, 0.05) is 6.07 Å². The maximum Gasteiger partial charge on any atom is 0.273 e. The summed E-state index contributed by atoms with van der Waals surface area (Å²) in [5.74, 6) is 3.23. The average molecular weight is 259 g/mol. The van der Waals surface area contributed by atoms with Crippen molar-refractivity contribution in [3.63, 3.8) is 0 Å². The molecule has 0 amide bonds. The van der Waals surface area contributed by atoms with Crippen molar-refractivity contribution in [2.75, 3.05) is 5.73 Å². The highest BCUT2D eigenvalue weighted by atomic mass is 127. The lowest BCUT2D eigenvalue weighted by Gasteiger charge is -1.97. The van der Waals surface area contributed by atoms with E-state index >= 15 is 0 Å². The molecule has 0 unspecified atom stereocenters. The average Bonchev–Trinajstić information content (AvgIpc) is 1.98. The number of terminal acetylenes is 1. The van der Waals surface area contributed by atoms with Crippen LogP contribution >= 0.6 is 22.6 Å². The molecule has 0 atom stereocenters. The van der Waals surface area contributed by atoms with Crippen LogP contribution in [-0.2, 0) is 6.54 Å². The fourth-order valence-corrected chi connectivity index (χ4v) is 1.28. The van der Waals surface area contributed by atoms with Crippen LogP contribution in [0, 0.1) is 15.9 Å². The summed E-state index contributed by atoms with van der Waals surface area (Å²) < 4.78 is 2.97. The van der Waals surface area contributed by atoms with Gasteiger partial charge in [-0.2, -0.15) is 0 Å². The predicted octanol–water partition coefficient (Wildman–Crippen LogP) is 0.794. The molecular formula is C8H8IN2+. The number of halogens is 1. The van der Waals surface area contributed by atoms with E-state index in [1.807, 2.05) is 22.9 Å². The number of nitrogen functional groups attached to an aromatic ring is 1. The molecule has 0 aliphatic carbocycles. The molecule has 1 rings (SSSR count). The Morgan fingerprint density at radius 3 is 3.00 bits per heavy atom. The van der Waals surface area contributed by atoms with Gasteiger partial charge in [-0.3, -0.25) is 5.73 Å². The highest BCUT2D eigenvalue weighted by molar-refractivity contribution is 14.1. The molecule has 1 aromatic heterocycles. The zero-order valence-corrected chi connectivity index (χ0v) is 8.08. The van der Waals surface area contributed by atoms with Crippen molar-refractivity contribution in [3.05, 3.63) is 21.9 Å². The van der Waals surface area contributed by atoms with Gasteiger partial charge in [0.15, 0.2) is 6.54 Å². The molecule has 0 aliphatic rings. The summed E-state index contributed by atoms with van der Waals surface area (Å²) in [6.07, 6.45) is 7.08. The third-order valence-corrected chi connectivity index (χ3v) is 1.92. The summed E-state index contributed by atoms with van der Waals surface area (Å²) in [5.41, 5.74) is 5.64. The molecule has 2 N–H and O–H groups in total. The minimum Gasteiger partial charge on any atom is -0.287 e. The van der Waals surface area contributed by atoms with Gasteiger partial charge in [-0.1, -0.05) is 5.92 Å². The topological polar surface area (TPSA) is 29.9 Å². The Bertz CT molecular complexity index is 301. The van der Waals surface area contributed by atoms with Gasteiger partial charge in [0.2, 0.25) is 0 Å². The maximum atomic E-state index is 5.64. The highest BCUT2D eigenvalue weighted by Crippen LogP contribution is 2.01. The third kappa shape index (κ3) is 2.09. The lowest BCUT2D eigenvalue weighted by atomic mass is 10.4. The summed E-state index contributed by atoms with van der Waals surface area (Å²) in [4.78, 5) is 0. The molecule has 3 heteroatoms. The van der Waals surface area contributed by atoms with Crippen LogP contribution in [0.3, 0.4) is 0 Å². The largest absolute Gasteiger partial charge is 0.287 e. The maximum absolute atomic E-state index is 5.64. The summed E-state index contributed by atoms with van der Waals surface area (Å²) >= 11 is 2.22. The van der Waals surface area contributed by atoms with Crippen molar-refractivity contribution in [2.45, 2.75) is 6.54 Å². The molecule has 0 saturated heterocycles. The van der Waals surface area contributed by atoms with E-state index in [2.05, 4.69) is 28.5 Å². The quantitative estimate of drug-likeness (QED) is 0.451. The lowest BCUT2D eigenvalue weighted by Crippen LogP contribution is -2.36. The summed E-state index contributed by atoms with van der Waals surface area (Å²) in [7, 11) is 0. The molecule has 56 valence electrons. The molecular weight excluding hydrogens is 251 g/mol. The smallest absolute Gasteiger partial charge is 0.273 e. The number of pyridine rings is 1. The van der Waals surface area contributed by atoms with Crippen LogP contribution in [0.25, 0.3) is 0 Å². The minimum absolute atomic E-state index is 0.530. The zero-order valence-electron chi connectivity index (χ0n) is 5.92. The van der Waals surface area contributed by atoms with Crippen LogP contribution in [-0.4, -0.2) is 0 Å². The van der Waals surface area contributed by atoms with Crippen molar-refractivity contribution in [1.29, 1.82) is 0 Å². The van der Waals surface area contributed by atoms with Crippen molar-refractivity contribution in [1.82, 2.24) is 0 Å². The van der Waals surface area contributed by atoms with Gasteiger partial charge < -0.3 is 0 Å². The first kappa shape index (κ1) is 8.34. The minimum atomic E-state index is 0.530. The first-order chi connectivity index (χ1) is 5.24. The lowest BCUT2D eigenvalue weighted by molar-refractivity contribution is -0.671. The van der Waals surface area contributed by atoms with Crippen LogP contribution in [0.4, 0.5) is 5.82 Å². The molecule has 0 aliphatic heterocycles. The second-order valence-corrected chi connectivity index (χ2v) is 3.35. The fourth-order valence-electron chi connectivity index (χ4n) is 0.762. The highest BCUT2D eigenvalue weighted by Gasteiger charge is 2.01. The summed E-state index contributed by atoms with van der Waals surface area (Å²) in [6.45, 7) is 0.530. The Morgan fingerprint density at radius 1 is 1.64 bits per heavy atom. The molecule has 0 radical (unpaired) electrons. The van der Waals surface area contributed by atoms with E-state index in [4.69, 9.17) is 12.2 Å². The van der Waals surface area contributed by atoms with Crippen LogP contribution in [0.1, 0.15) is 0 Å². The zero-order chi connectivity index (χ0) is 8.27. The van der Waals surface area contributed by atoms with E-state index in [-0.39, 0.29) is 0 Å². The number of nitrogens with two attached hydrogens (primary N) is 1. The van der Waals surface area contributed by atoms with Crippen molar-refractivity contribution in [2.24, 2.45) is 0 Å². The molecule has 0 bridgehead atoms. The Hall–Kier alpha value is -0.760. The van der Waals surface area contributed by atoms with Crippen molar-refractivity contribution in [3.8, 4) is 12.3 Å². The van der Waals surface area contributed by atoms with Crippen molar-refractivity contribution < 1.29 is 4.57 Å². The molecule has 1 aromatic rings. The molecule has 0 aromatic carbocycles. The second-order valence-electron chi connectivity index (χ2n) is 2.10. The Kier molecular flexibility index (Phi) is 2.71. The summed E-state index contributed by atoms with van der Waals surface area (Å²) in [6, 6.07) is 3.79. The molecule has 1 heterocycles. The monoisotopic (exact) mass is 259 g/mol. The number of hydrogen-bond donors (Lipinski definition) is 1. The van der Waals surface area contributed by atoms with Gasteiger partial charge >= 0.3 is 0 Å². The normalized spacial score (nSPS) is 9.09. The summed E-state index contributed by atoms with van der Waals surface area (Å²) in [5, 5.41) is 0. The van der Waals surface area contributed by atoms with Gasteiger partial charge in [-0.05, 0) is 28.7 Å². The van der Waals surface area contributed by atoms with Crippen LogP contribution in [0.2, 0.25) is 0 Å². The fraction of sp³-hybridized carbons (Fsp3) is 0.125. The van der Waals surface area contributed by atoms with Gasteiger partial charge in [-0.25, -0.2) is 4.57 Å². The third-order valence-electron chi connectivity index (χ3n) is 1.29. The van der Waals surface area contributed by atoms with Gasteiger partial charge in [0.1, 0.15) is 6.20 Å². The molecule has 11 heavy (non-hydrogen) atoms. The Labute approximate surface area is 79.6 Å². The van der Waals surface area contributed by atoms with Gasteiger partial charge in [0.05, 0.1) is 3.57 Å². The van der Waals surface area contributed by atoms with Crippen LogP contribution in [0.15, 0.2) is 18.3 Å². The first-order valence-corrected chi connectivity index (χ1v) is 4.20. The molecule has 2 nitrogen and oxygen atoms in total.